The van der Waals surface area contributed by atoms with Gasteiger partial charge in [0.25, 0.3) is 0 Å². The van der Waals surface area contributed by atoms with Crippen molar-refractivity contribution in [3.8, 4) is 0 Å². The van der Waals surface area contributed by atoms with Crippen LogP contribution in [0, 0.1) is 0 Å². The molecular formula is H5AsNa2O4. The molecule has 0 rings (SSSR count). The normalized spacial score (nSPS) is 8.43. The Kier molecular flexibility index (Phi) is 14.6. The molecular weight excluding hydrogens is 185 g/mol. The van der Waals surface area contributed by atoms with Gasteiger partial charge in [-0.15, -0.1) is 0 Å². The van der Waals surface area contributed by atoms with Crippen LogP contribution in [0.4, 0.5) is 0 Å². The average molecular weight is 190 g/mol. The van der Waals surface area contributed by atoms with Gasteiger partial charge in [0.2, 0.25) is 0 Å². The van der Waals surface area contributed by atoms with Crippen molar-refractivity contribution in [1.29, 1.82) is 0 Å². The molecule has 0 saturated heterocycles. The van der Waals surface area contributed by atoms with Crippen molar-refractivity contribution in [1.82, 2.24) is 0 Å². The second kappa shape index (κ2) is 6.36. The zero-order chi connectivity index (χ0) is 4.50. The van der Waals surface area contributed by atoms with Crippen LogP contribution in [0.1, 0.15) is 2.85 Å². The molecule has 0 amide bonds. The van der Waals surface area contributed by atoms with E-state index in [1.165, 1.54) is 0 Å². The molecule has 0 spiro atoms. The van der Waals surface area contributed by atoms with Crippen molar-refractivity contribution in [2.45, 2.75) is 0 Å². The maximum Gasteiger partial charge on any atom is 1.00 e. The third-order valence-electron chi connectivity index (χ3n) is 0. The van der Waals surface area contributed by atoms with E-state index in [4.69, 9.17) is 16.0 Å². The Labute approximate surface area is 91.2 Å². The largest absolute Gasteiger partial charge is 1.00 e. The van der Waals surface area contributed by atoms with Crippen LogP contribution in [0.3, 0.4) is 0 Å². The minimum Gasteiger partial charge on any atom is -1.00 e. The molecule has 0 aliphatic carbocycles. The molecule has 7 heavy (non-hydrogen) atoms. The van der Waals surface area contributed by atoms with Gasteiger partial charge in [-0.3, -0.25) is 0 Å². The summed E-state index contributed by atoms with van der Waals surface area (Å²) in [6.45, 7) is 0. The summed E-state index contributed by atoms with van der Waals surface area (Å²) in [6, 6.07) is 0. The fourth-order valence-electron chi connectivity index (χ4n) is 0. The van der Waals surface area contributed by atoms with Crippen LogP contribution >= 0.6 is 0 Å². The molecule has 4 nitrogen and oxygen atoms in total. The molecule has 3 N–H and O–H groups in total. The first-order chi connectivity index (χ1) is 2.00. The van der Waals surface area contributed by atoms with Gasteiger partial charge < -0.3 is 2.85 Å². The van der Waals surface area contributed by atoms with E-state index < -0.39 is 14.5 Å². The van der Waals surface area contributed by atoms with E-state index in [2.05, 4.69) is 0 Å². The standard InChI is InChI=1S/AsH3O4.2Na.2H/c2-1(3,4)5;;;;/h(H3,2,3,4,5);;;;/q;2*+1;2*-1. The molecule has 0 aliphatic heterocycles. The van der Waals surface area contributed by atoms with Crippen molar-refractivity contribution in [2.75, 3.05) is 0 Å². The molecule has 0 fully saturated rings. The first-order valence-electron chi connectivity index (χ1n) is 0.783. The molecule has 0 bridgehead atoms. The van der Waals surface area contributed by atoms with E-state index in [1.54, 1.807) is 0 Å². The third kappa shape index (κ3) is 64.0. The van der Waals surface area contributed by atoms with Gasteiger partial charge in [0, 0.05) is 0 Å². The van der Waals surface area contributed by atoms with Gasteiger partial charge in [0.15, 0.2) is 0 Å². The van der Waals surface area contributed by atoms with Crippen molar-refractivity contribution in [3.63, 3.8) is 0 Å². The van der Waals surface area contributed by atoms with Crippen molar-refractivity contribution in [3.05, 3.63) is 0 Å². The van der Waals surface area contributed by atoms with E-state index in [1.807, 2.05) is 0 Å². The molecule has 0 saturated carbocycles. The Bertz CT molecular complexity index is 62.7. The molecule has 0 atom stereocenters. The van der Waals surface area contributed by atoms with Crippen LogP contribution in [0.25, 0.3) is 0 Å². The fourth-order valence-corrected chi connectivity index (χ4v) is 0. The SMILES string of the molecule is O=[As](O)(O)O.[H-].[H-].[Na+].[Na+]. The van der Waals surface area contributed by atoms with Gasteiger partial charge in [-0.25, -0.2) is 0 Å². The minimum absolute atomic E-state index is 0. The Hall–Kier alpha value is 2.24. The van der Waals surface area contributed by atoms with Gasteiger partial charge in [-0.05, 0) is 0 Å². The molecule has 0 aromatic rings. The molecule has 0 unspecified atom stereocenters. The monoisotopic (exact) mass is 190 g/mol. The Morgan fingerprint density at radius 2 is 1.14 bits per heavy atom. The van der Waals surface area contributed by atoms with E-state index in [-0.39, 0.29) is 62.0 Å². The summed E-state index contributed by atoms with van der Waals surface area (Å²) in [6.07, 6.45) is 0. The zero-order valence-corrected chi connectivity index (χ0v) is 10.1. The smallest absolute Gasteiger partial charge is 1.00 e. The Morgan fingerprint density at radius 1 is 1.14 bits per heavy atom. The van der Waals surface area contributed by atoms with Gasteiger partial charge >= 0.3 is 89.7 Å². The predicted octanol–water partition coefficient (Wildman–Crippen LogP) is -7.94. The van der Waals surface area contributed by atoms with Crippen LogP contribution in [0.2, 0.25) is 0 Å². The van der Waals surface area contributed by atoms with Gasteiger partial charge in [-0.2, -0.15) is 0 Å². The van der Waals surface area contributed by atoms with Gasteiger partial charge in [0.05, 0.1) is 0 Å². The zero-order valence-electron chi connectivity index (χ0n) is 6.20. The molecule has 0 aromatic carbocycles. The summed E-state index contributed by atoms with van der Waals surface area (Å²) in [4.78, 5) is 0. The van der Waals surface area contributed by atoms with Crippen LogP contribution < -0.4 is 59.1 Å². The molecule has 7 heteroatoms. The van der Waals surface area contributed by atoms with Crippen LogP contribution in [-0.2, 0) is 3.74 Å². The molecule has 0 aromatic heterocycles. The van der Waals surface area contributed by atoms with Gasteiger partial charge in [0.1, 0.15) is 0 Å². The molecule has 36 valence electrons. The number of hydrogen-bond acceptors (Lipinski definition) is 1. The number of rotatable bonds is 0. The second-order valence-corrected chi connectivity index (χ2v) is 2.67. The second-order valence-electron chi connectivity index (χ2n) is 0.513. The first-order valence-corrected chi connectivity index (χ1v) is 4.07. The molecule has 0 heterocycles. The maximum absolute atomic E-state index is 8.94. The summed E-state index contributed by atoms with van der Waals surface area (Å²) in [5.41, 5.74) is 0. The summed E-state index contributed by atoms with van der Waals surface area (Å²) < 4.78 is 30.7. The van der Waals surface area contributed by atoms with Gasteiger partial charge in [-0.1, -0.05) is 0 Å². The topological polar surface area (TPSA) is 77.8 Å². The quantitative estimate of drug-likeness (QED) is 0.331. The average Bonchev–Trinajstić information content (AvgIpc) is 0.722. The van der Waals surface area contributed by atoms with Crippen LogP contribution in [0.5, 0.6) is 0 Å². The van der Waals surface area contributed by atoms with E-state index in [9.17, 15) is 0 Å². The van der Waals surface area contributed by atoms with Crippen molar-refractivity contribution in [2.24, 2.45) is 0 Å². The summed E-state index contributed by atoms with van der Waals surface area (Å²) in [5.74, 6) is 0. The summed E-state index contributed by atoms with van der Waals surface area (Å²) >= 11 is -5.12. The van der Waals surface area contributed by atoms with Crippen molar-refractivity contribution >= 4 is 14.5 Å². The third-order valence-corrected chi connectivity index (χ3v) is 0. The Balaban J connectivity index is -0.0000000133. The van der Waals surface area contributed by atoms with Crippen molar-refractivity contribution < 1.29 is 78.0 Å². The fraction of sp³-hybridized carbons (Fsp3) is 0. The minimum atomic E-state index is -5.12. The molecule has 0 aliphatic rings. The van der Waals surface area contributed by atoms with E-state index >= 15 is 0 Å². The van der Waals surface area contributed by atoms with Crippen LogP contribution in [0.15, 0.2) is 0 Å². The Morgan fingerprint density at radius 3 is 1.14 bits per heavy atom. The van der Waals surface area contributed by atoms with Crippen LogP contribution in [-0.4, -0.2) is 26.8 Å². The summed E-state index contributed by atoms with van der Waals surface area (Å²) in [7, 11) is 0. The van der Waals surface area contributed by atoms with E-state index in [0.717, 1.165) is 0 Å². The number of hydrogen-bond donors (Lipinski definition) is 3. The van der Waals surface area contributed by atoms with E-state index in [0.29, 0.717) is 0 Å². The predicted molar refractivity (Wildman–Crippen MR) is 15.3 cm³/mol. The summed E-state index contributed by atoms with van der Waals surface area (Å²) in [5, 5.41) is 0. The maximum atomic E-state index is 8.94. The first kappa shape index (κ1) is 16.1. The molecule has 0 radical (unpaired) electrons.